The molecule has 142 valence electrons. The standard InChI is InChI=1S/C20H23N3O4/c1-2-25-15-6-3-13(4-7-15)16-12-17(23-22-16)20(24)21-14-5-8-18-19(11-14)27-10-9-26-18/h3-8,11,16-17,22-23H,2,9-10,12H2,1H3,(H,21,24). The first-order valence-corrected chi connectivity index (χ1v) is 9.17. The Kier molecular flexibility index (Phi) is 5.13. The maximum absolute atomic E-state index is 12.6. The van der Waals surface area contributed by atoms with Gasteiger partial charge in [-0.05, 0) is 43.2 Å². The van der Waals surface area contributed by atoms with Gasteiger partial charge in [0.1, 0.15) is 25.0 Å². The first-order valence-electron chi connectivity index (χ1n) is 9.17. The third-order valence-electron chi connectivity index (χ3n) is 4.62. The highest BCUT2D eigenvalue weighted by atomic mass is 16.6. The summed E-state index contributed by atoms with van der Waals surface area (Å²) in [6, 6.07) is 13.1. The third kappa shape index (κ3) is 3.99. The zero-order valence-corrected chi connectivity index (χ0v) is 15.2. The van der Waals surface area contributed by atoms with Crippen molar-refractivity contribution < 1.29 is 19.0 Å². The minimum atomic E-state index is -0.324. The molecule has 0 bridgehead atoms. The van der Waals surface area contributed by atoms with Gasteiger partial charge in [0.25, 0.3) is 0 Å². The summed E-state index contributed by atoms with van der Waals surface area (Å²) in [5, 5.41) is 2.93. The van der Waals surface area contributed by atoms with Gasteiger partial charge in [-0.1, -0.05) is 12.1 Å². The molecule has 1 saturated heterocycles. The van der Waals surface area contributed by atoms with Crippen molar-refractivity contribution in [3.05, 3.63) is 48.0 Å². The molecular formula is C20H23N3O4. The summed E-state index contributed by atoms with van der Waals surface area (Å²) >= 11 is 0. The Morgan fingerprint density at radius 3 is 2.67 bits per heavy atom. The molecule has 0 saturated carbocycles. The summed E-state index contributed by atoms with van der Waals surface area (Å²) in [7, 11) is 0. The van der Waals surface area contributed by atoms with E-state index in [2.05, 4.69) is 16.2 Å². The summed E-state index contributed by atoms with van der Waals surface area (Å²) in [5.41, 5.74) is 8.07. The Labute approximate surface area is 158 Å². The molecule has 7 nitrogen and oxygen atoms in total. The SMILES string of the molecule is CCOc1ccc(C2CC(C(=O)Nc3ccc4c(c3)OCCO4)NN2)cc1. The molecule has 2 aliphatic rings. The van der Waals surface area contributed by atoms with Crippen LogP contribution in [0, 0.1) is 0 Å². The van der Waals surface area contributed by atoms with Crippen molar-refractivity contribution >= 4 is 11.6 Å². The lowest BCUT2D eigenvalue weighted by Gasteiger charge is -2.19. The van der Waals surface area contributed by atoms with Crippen LogP contribution >= 0.6 is 0 Å². The highest BCUT2D eigenvalue weighted by Gasteiger charge is 2.30. The van der Waals surface area contributed by atoms with E-state index in [1.54, 1.807) is 6.07 Å². The van der Waals surface area contributed by atoms with E-state index >= 15 is 0 Å². The maximum atomic E-state index is 12.6. The molecule has 1 amide bonds. The van der Waals surface area contributed by atoms with Gasteiger partial charge in [-0.2, -0.15) is 0 Å². The van der Waals surface area contributed by atoms with Gasteiger partial charge in [0, 0.05) is 17.8 Å². The van der Waals surface area contributed by atoms with Crippen LogP contribution in [0.1, 0.15) is 24.9 Å². The maximum Gasteiger partial charge on any atom is 0.242 e. The van der Waals surface area contributed by atoms with Crippen LogP contribution in [0.25, 0.3) is 0 Å². The lowest BCUT2D eigenvalue weighted by molar-refractivity contribution is -0.117. The molecule has 7 heteroatoms. The number of nitrogens with one attached hydrogen (secondary N) is 3. The van der Waals surface area contributed by atoms with Crippen LogP contribution in [-0.4, -0.2) is 31.8 Å². The molecule has 2 heterocycles. The van der Waals surface area contributed by atoms with Gasteiger partial charge >= 0.3 is 0 Å². The predicted octanol–water partition coefficient (Wildman–Crippen LogP) is 2.40. The Balaban J connectivity index is 1.36. The number of anilines is 1. The Morgan fingerprint density at radius 1 is 1.11 bits per heavy atom. The zero-order chi connectivity index (χ0) is 18.6. The van der Waals surface area contributed by atoms with E-state index in [4.69, 9.17) is 14.2 Å². The van der Waals surface area contributed by atoms with E-state index in [-0.39, 0.29) is 18.0 Å². The Hall–Kier alpha value is -2.77. The second-order valence-electron chi connectivity index (χ2n) is 6.48. The first-order chi connectivity index (χ1) is 13.2. The molecule has 27 heavy (non-hydrogen) atoms. The van der Waals surface area contributed by atoms with E-state index in [0.717, 1.165) is 11.3 Å². The lowest BCUT2D eigenvalue weighted by Crippen LogP contribution is -2.39. The van der Waals surface area contributed by atoms with Crippen molar-refractivity contribution in [3.8, 4) is 17.2 Å². The summed E-state index contributed by atoms with van der Waals surface area (Å²) < 4.78 is 16.5. The van der Waals surface area contributed by atoms with Crippen molar-refractivity contribution in [2.75, 3.05) is 25.1 Å². The zero-order valence-electron chi connectivity index (χ0n) is 15.2. The molecule has 2 atom stereocenters. The summed E-state index contributed by atoms with van der Waals surface area (Å²) in [5.74, 6) is 2.12. The smallest absolute Gasteiger partial charge is 0.242 e. The summed E-state index contributed by atoms with van der Waals surface area (Å²) in [6.07, 6.45) is 0.657. The number of hydrazine groups is 1. The summed E-state index contributed by atoms with van der Waals surface area (Å²) in [4.78, 5) is 12.6. The average molecular weight is 369 g/mol. The van der Waals surface area contributed by atoms with Crippen LogP contribution in [0.15, 0.2) is 42.5 Å². The van der Waals surface area contributed by atoms with E-state index in [1.165, 1.54) is 0 Å². The summed E-state index contributed by atoms with van der Waals surface area (Å²) in [6.45, 7) is 3.66. The number of carbonyl (C=O) groups is 1. The molecule has 0 radical (unpaired) electrons. The monoisotopic (exact) mass is 369 g/mol. The third-order valence-corrected chi connectivity index (χ3v) is 4.62. The molecular weight excluding hydrogens is 346 g/mol. The number of rotatable bonds is 5. The number of carbonyl (C=O) groups excluding carboxylic acids is 1. The Bertz CT molecular complexity index is 809. The molecule has 1 fully saturated rings. The topological polar surface area (TPSA) is 80.9 Å². The van der Waals surface area contributed by atoms with Crippen LogP contribution in [0.4, 0.5) is 5.69 Å². The van der Waals surface area contributed by atoms with Gasteiger partial charge in [-0.15, -0.1) is 0 Å². The van der Waals surface area contributed by atoms with Crippen LogP contribution in [-0.2, 0) is 4.79 Å². The van der Waals surface area contributed by atoms with Crippen molar-refractivity contribution in [3.63, 3.8) is 0 Å². The van der Waals surface area contributed by atoms with Crippen molar-refractivity contribution in [2.24, 2.45) is 0 Å². The quantitative estimate of drug-likeness (QED) is 0.751. The van der Waals surface area contributed by atoms with Gasteiger partial charge in [-0.25, -0.2) is 10.9 Å². The second-order valence-corrected chi connectivity index (χ2v) is 6.48. The first kappa shape index (κ1) is 17.6. The molecule has 0 aromatic heterocycles. The van der Waals surface area contributed by atoms with E-state index in [1.807, 2.05) is 43.3 Å². The minimum absolute atomic E-state index is 0.0664. The fourth-order valence-corrected chi connectivity index (χ4v) is 3.26. The molecule has 2 unspecified atom stereocenters. The molecule has 4 rings (SSSR count). The van der Waals surface area contributed by atoms with E-state index < -0.39 is 0 Å². The van der Waals surface area contributed by atoms with Crippen LogP contribution in [0.2, 0.25) is 0 Å². The molecule has 0 spiro atoms. The number of hydrogen-bond acceptors (Lipinski definition) is 6. The number of ether oxygens (including phenoxy) is 3. The van der Waals surface area contributed by atoms with Crippen molar-refractivity contribution in [2.45, 2.75) is 25.4 Å². The Morgan fingerprint density at radius 2 is 1.89 bits per heavy atom. The van der Waals surface area contributed by atoms with Gasteiger partial charge < -0.3 is 19.5 Å². The van der Waals surface area contributed by atoms with Gasteiger partial charge in [0.2, 0.25) is 5.91 Å². The number of benzene rings is 2. The molecule has 2 aromatic rings. The highest BCUT2D eigenvalue weighted by Crippen LogP contribution is 2.33. The average Bonchev–Trinajstić information content (AvgIpc) is 3.19. The molecule has 3 N–H and O–H groups in total. The highest BCUT2D eigenvalue weighted by molar-refractivity contribution is 5.95. The fraction of sp³-hybridized carbons (Fsp3) is 0.350. The normalized spacial score (nSPS) is 20.9. The minimum Gasteiger partial charge on any atom is -0.494 e. The van der Waals surface area contributed by atoms with Crippen LogP contribution < -0.4 is 30.4 Å². The van der Waals surface area contributed by atoms with E-state index in [0.29, 0.717) is 43.4 Å². The molecule has 2 aromatic carbocycles. The lowest BCUT2D eigenvalue weighted by atomic mass is 10.0. The van der Waals surface area contributed by atoms with E-state index in [9.17, 15) is 4.79 Å². The number of hydrogen-bond donors (Lipinski definition) is 3. The van der Waals surface area contributed by atoms with Crippen molar-refractivity contribution in [1.29, 1.82) is 0 Å². The predicted molar refractivity (Wildman–Crippen MR) is 101 cm³/mol. The van der Waals surface area contributed by atoms with Gasteiger partial charge in [-0.3, -0.25) is 4.79 Å². The van der Waals surface area contributed by atoms with Gasteiger partial charge in [0.15, 0.2) is 11.5 Å². The fourth-order valence-electron chi connectivity index (χ4n) is 3.26. The molecule has 2 aliphatic heterocycles. The van der Waals surface area contributed by atoms with Crippen molar-refractivity contribution in [1.82, 2.24) is 10.9 Å². The number of amides is 1. The van der Waals surface area contributed by atoms with Crippen LogP contribution in [0.5, 0.6) is 17.2 Å². The molecule has 0 aliphatic carbocycles. The van der Waals surface area contributed by atoms with Crippen LogP contribution in [0.3, 0.4) is 0 Å². The second kappa shape index (κ2) is 7.85. The number of fused-ring (bicyclic) bond motifs is 1. The largest absolute Gasteiger partial charge is 0.494 e. The van der Waals surface area contributed by atoms with Gasteiger partial charge in [0.05, 0.1) is 6.61 Å².